The summed E-state index contributed by atoms with van der Waals surface area (Å²) in [5, 5.41) is 2.99. The fourth-order valence-electron chi connectivity index (χ4n) is 3.80. The molecule has 0 spiro atoms. The highest BCUT2D eigenvalue weighted by atomic mass is 32.1. The molecule has 2 heterocycles. The third-order valence-electron chi connectivity index (χ3n) is 5.26. The number of hydrogen-bond donors (Lipinski definition) is 0. The van der Waals surface area contributed by atoms with Crippen LogP contribution in [0.3, 0.4) is 0 Å². The van der Waals surface area contributed by atoms with E-state index in [0.29, 0.717) is 0 Å². The lowest BCUT2D eigenvalue weighted by Gasteiger charge is -2.39. The third-order valence-corrected chi connectivity index (χ3v) is 6.05. The summed E-state index contributed by atoms with van der Waals surface area (Å²) in [6, 6.07) is 21.4. The van der Waals surface area contributed by atoms with Gasteiger partial charge in [-0.05, 0) is 24.1 Å². The number of piperazine rings is 1. The number of aryl methyl sites for hydroxylation is 1. The Morgan fingerprint density at radius 2 is 1.55 bits per heavy atom. The molecule has 1 aliphatic heterocycles. The maximum absolute atomic E-state index is 12.6. The van der Waals surface area contributed by atoms with Gasteiger partial charge in [-0.1, -0.05) is 60.7 Å². The van der Waals surface area contributed by atoms with Gasteiger partial charge in [-0.3, -0.25) is 9.69 Å². The number of carbonyl (C=O) groups is 1. The summed E-state index contributed by atoms with van der Waals surface area (Å²) in [5.74, 6) is 0.0614. The molecule has 0 N–H and O–H groups in total. The molecule has 0 aliphatic carbocycles. The number of rotatable bonds is 5. The van der Waals surface area contributed by atoms with Crippen molar-refractivity contribution in [1.82, 2.24) is 14.8 Å². The second-order valence-electron chi connectivity index (χ2n) is 7.21. The third kappa shape index (κ3) is 4.81. The maximum Gasteiger partial charge on any atom is 0.246 e. The lowest BCUT2D eigenvalue weighted by molar-refractivity contribution is -0.127. The summed E-state index contributed by atoms with van der Waals surface area (Å²) in [4.78, 5) is 21.4. The second-order valence-corrected chi connectivity index (χ2v) is 8.27. The van der Waals surface area contributed by atoms with Crippen molar-refractivity contribution in [1.29, 1.82) is 0 Å². The van der Waals surface area contributed by atoms with Crippen molar-refractivity contribution in [2.45, 2.75) is 13.0 Å². The van der Waals surface area contributed by atoms with Crippen molar-refractivity contribution in [2.24, 2.45) is 0 Å². The van der Waals surface area contributed by atoms with E-state index < -0.39 is 0 Å². The van der Waals surface area contributed by atoms with Crippen molar-refractivity contribution in [2.75, 3.05) is 26.2 Å². The van der Waals surface area contributed by atoms with Crippen molar-refractivity contribution in [3.05, 3.63) is 93.9 Å². The highest BCUT2D eigenvalue weighted by Gasteiger charge is 2.27. The van der Waals surface area contributed by atoms with Gasteiger partial charge >= 0.3 is 0 Å². The zero-order valence-electron chi connectivity index (χ0n) is 16.6. The minimum Gasteiger partial charge on any atom is -0.337 e. The Labute approximate surface area is 176 Å². The Bertz CT molecular complexity index is 921. The first-order chi connectivity index (χ1) is 14.2. The van der Waals surface area contributed by atoms with Crippen LogP contribution in [0.15, 0.2) is 72.1 Å². The monoisotopic (exact) mass is 403 g/mol. The summed E-state index contributed by atoms with van der Waals surface area (Å²) < 4.78 is 0. The molecule has 1 aliphatic rings. The largest absolute Gasteiger partial charge is 0.337 e. The molecule has 0 saturated carbocycles. The predicted molar refractivity (Wildman–Crippen MR) is 119 cm³/mol. The van der Waals surface area contributed by atoms with Crippen LogP contribution in [0.4, 0.5) is 0 Å². The summed E-state index contributed by atoms with van der Waals surface area (Å²) >= 11 is 1.60. The smallest absolute Gasteiger partial charge is 0.246 e. The number of thiazole rings is 1. The Morgan fingerprint density at radius 1 is 0.966 bits per heavy atom. The molecule has 0 atom stereocenters. The molecular formula is C24H25N3OS. The molecule has 0 radical (unpaired) electrons. The van der Waals surface area contributed by atoms with E-state index in [9.17, 15) is 4.79 Å². The zero-order chi connectivity index (χ0) is 20.1. The Hall–Kier alpha value is -2.76. The quantitative estimate of drug-likeness (QED) is 0.593. The fraction of sp³-hybridized carbons (Fsp3) is 0.250. The minimum atomic E-state index is 0.0614. The molecule has 4 rings (SSSR count). The maximum atomic E-state index is 12.6. The van der Waals surface area contributed by atoms with Gasteiger partial charge in [0.2, 0.25) is 5.91 Å². The summed E-state index contributed by atoms with van der Waals surface area (Å²) in [6.07, 6.45) is 3.46. The van der Waals surface area contributed by atoms with Gasteiger partial charge in [0.25, 0.3) is 0 Å². The van der Waals surface area contributed by atoms with Crippen LogP contribution < -0.4 is 0 Å². The van der Waals surface area contributed by atoms with Crippen molar-refractivity contribution in [3.63, 3.8) is 0 Å². The van der Waals surface area contributed by atoms with Crippen molar-refractivity contribution in [3.8, 4) is 0 Å². The van der Waals surface area contributed by atoms with Gasteiger partial charge < -0.3 is 4.90 Å². The van der Waals surface area contributed by atoms with Gasteiger partial charge in [0, 0.05) is 37.6 Å². The van der Waals surface area contributed by atoms with Gasteiger partial charge in [-0.15, -0.1) is 11.3 Å². The minimum absolute atomic E-state index is 0.0614. The average Bonchev–Trinajstić information content (AvgIpc) is 3.19. The molecule has 5 heteroatoms. The lowest BCUT2D eigenvalue weighted by atomic mass is 9.96. The molecule has 148 valence electrons. The van der Waals surface area contributed by atoms with Crippen LogP contribution in [0, 0.1) is 6.92 Å². The van der Waals surface area contributed by atoms with Crippen molar-refractivity contribution >= 4 is 23.3 Å². The Kier molecular flexibility index (Phi) is 6.17. The van der Waals surface area contributed by atoms with E-state index in [1.165, 1.54) is 11.1 Å². The molecular weight excluding hydrogens is 378 g/mol. The van der Waals surface area contributed by atoms with Crippen LogP contribution in [0.2, 0.25) is 0 Å². The molecule has 1 amide bonds. The molecule has 1 fully saturated rings. The molecule has 0 bridgehead atoms. The Morgan fingerprint density at radius 3 is 2.07 bits per heavy atom. The van der Waals surface area contributed by atoms with Crippen LogP contribution in [-0.2, 0) is 4.79 Å². The van der Waals surface area contributed by atoms with E-state index >= 15 is 0 Å². The summed E-state index contributed by atoms with van der Waals surface area (Å²) in [7, 11) is 0. The van der Waals surface area contributed by atoms with Crippen molar-refractivity contribution < 1.29 is 4.79 Å². The van der Waals surface area contributed by atoms with Gasteiger partial charge in [0.1, 0.15) is 0 Å². The number of amides is 1. The SMILES string of the molecule is Cc1nc(C=CC(=O)N2CCN(C(c3ccccc3)c3ccccc3)CC2)cs1. The summed E-state index contributed by atoms with van der Waals surface area (Å²) in [5.41, 5.74) is 3.43. The fourth-order valence-corrected chi connectivity index (χ4v) is 4.38. The zero-order valence-corrected chi connectivity index (χ0v) is 17.4. The standard InChI is InChI=1S/C24H25N3OS/c1-19-25-22(18-29-19)12-13-23(28)26-14-16-27(17-15-26)24(20-8-4-2-5-9-20)21-10-6-3-7-11-21/h2-13,18,24H,14-17H2,1H3. The van der Waals surface area contributed by atoms with Gasteiger partial charge in [0.05, 0.1) is 16.7 Å². The molecule has 1 saturated heterocycles. The highest BCUT2D eigenvalue weighted by Crippen LogP contribution is 2.29. The van der Waals surface area contributed by atoms with Gasteiger partial charge in [-0.2, -0.15) is 0 Å². The molecule has 29 heavy (non-hydrogen) atoms. The van der Waals surface area contributed by atoms with Crippen LogP contribution in [0.25, 0.3) is 6.08 Å². The van der Waals surface area contributed by atoms with E-state index in [4.69, 9.17) is 0 Å². The predicted octanol–water partition coefficient (Wildman–Crippen LogP) is 4.40. The summed E-state index contributed by atoms with van der Waals surface area (Å²) in [6.45, 7) is 5.14. The lowest BCUT2D eigenvalue weighted by Crippen LogP contribution is -2.49. The van der Waals surface area contributed by atoms with E-state index in [0.717, 1.165) is 36.9 Å². The van der Waals surface area contributed by atoms with Gasteiger partial charge in [-0.25, -0.2) is 4.98 Å². The van der Waals surface area contributed by atoms with E-state index in [-0.39, 0.29) is 11.9 Å². The van der Waals surface area contributed by atoms with Crippen LogP contribution in [0.1, 0.15) is 27.9 Å². The first kappa shape index (κ1) is 19.6. The number of benzene rings is 2. The first-order valence-electron chi connectivity index (χ1n) is 9.94. The normalized spacial score (nSPS) is 15.3. The first-order valence-corrected chi connectivity index (χ1v) is 10.8. The molecule has 1 aromatic heterocycles. The van der Waals surface area contributed by atoms with E-state index in [2.05, 4.69) is 70.5 Å². The molecule has 4 nitrogen and oxygen atoms in total. The van der Waals surface area contributed by atoms with Crippen LogP contribution >= 0.6 is 11.3 Å². The number of hydrogen-bond acceptors (Lipinski definition) is 4. The van der Waals surface area contributed by atoms with Crippen LogP contribution in [0.5, 0.6) is 0 Å². The highest BCUT2D eigenvalue weighted by molar-refractivity contribution is 7.09. The topological polar surface area (TPSA) is 36.4 Å². The molecule has 0 unspecified atom stereocenters. The molecule has 2 aromatic carbocycles. The second kappa shape index (κ2) is 9.16. The Balaban J connectivity index is 1.44. The number of carbonyl (C=O) groups excluding carboxylic acids is 1. The number of nitrogens with zero attached hydrogens (tertiary/aromatic N) is 3. The van der Waals surface area contributed by atoms with Gasteiger partial charge in [0.15, 0.2) is 0 Å². The average molecular weight is 404 g/mol. The molecule has 3 aromatic rings. The van der Waals surface area contributed by atoms with E-state index in [1.54, 1.807) is 17.4 Å². The van der Waals surface area contributed by atoms with Crippen LogP contribution in [-0.4, -0.2) is 46.9 Å². The van der Waals surface area contributed by atoms with E-state index in [1.807, 2.05) is 23.3 Å². The number of aromatic nitrogens is 1.